The zero-order chi connectivity index (χ0) is 35.8. The summed E-state index contributed by atoms with van der Waals surface area (Å²) in [5.74, 6) is 0. The Bertz CT molecular complexity index is 2930. The molecule has 254 valence electrons. The van der Waals surface area contributed by atoms with Crippen LogP contribution in [0.2, 0.25) is 0 Å². The molecule has 0 aliphatic rings. The van der Waals surface area contributed by atoms with Crippen LogP contribution in [-0.4, -0.2) is 4.57 Å². The summed E-state index contributed by atoms with van der Waals surface area (Å²) in [5.41, 5.74) is 14.0. The van der Waals surface area contributed by atoms with Crippen LogP contribution in [0.5, 0.6) is 0 Å². The molecular formula is C52H36N2. The van der Waals surface area contributed by atoms with Crippen molar-refractivity contribution in [3.05, 3.63) is 218 Å². The number of rotatable bonds is 7. The van der Waals surface area contributed by atoms with Crippen molar-refractivity contribution in [2.24, 2.45) is 0 Å². The SMILES string of the molecule is c1ccc(-c2cccc(-c3ccccc3N(c3ccc(-c4ccccc4)c4ccccc34)c3cccc4c3c3ccccc3n4-c3ccccc3)c2)cc1. The van der Waals surface area contributed by atoms with E-state index in [1.54, 1.807) is 0 Å². The van der Waals surface area contributed by atoms with E-state index in [1.165, 1.54) is 60.4 Å². The first-order valence-electron chi connectivity index (χ1n) is 18.5. The lowest BCUT2D eigenvalue weighted by Crippen LogP contribution is -2.12. The molecule has 0 saturated heterocycles. The van der Waals surface area contributed by atoms with Gasteiger partial charge >= 0.3 is 0 Å². The van der Waals surface area contributed by atoms with Crippen molar-refractivity contribution in [1.29, 1.82) is 0 Å². The summed E-state index contributed by atoms with van der Waals surface area (Å²) in [6, 6.07) is 78.9. The highest BCUT2D eigenvalue weighted by atomic mass is 15.2. The Morgan fingerprint density at radius 3 is 1.65 bits per heavy atom. The highest BCUT2D eigenvalue weighted by molar-refractivity contribution is 6.18. The molecule has 0 amide bonds. The molecule has 0 fully saturated rings. The number of anilines is 3. The third-order valence-corrected chi connectivity index (χ3v) is 10.6. The lowest BCUT2D eigenvalue weighted by atomic mass is 9.94. The Kier molecular flexibility index (Phi) is 7.85. The molecule has 9 aromatic carbocycles. The van der Waals surface area contributed by atoms with Crippen LogP contribution < -0.4 is 4.90 Å². The van der Waals surface area contributed by atoms with Crippen LogP contribution >= 0.6 is 0 Å². The first-order valence-corrected chi connectivity index (χ1v) is 18.5. The van der Waals surface area contributed by atoms with Gasteiger partial charge in [-0.05, 0) is 81.7 Å². The van der Waals surface area contributed by atoms with E-state index in [0.29, 0.717) is 0 Å². The summed E-state index contributed by atoms with van der Waals surface area (Å²) in [7, 11) is 0. The summed E-state index contributed by atoms with van der Waals surface area (Å²) in [6.07, 6.45) is 0. The molecule has 0 radical (unpaired) electrons. The van der Waals surface area contributed by atoms with Crippen LogP contribution in [0.15, 0.2) is 218 Å². The Morgan fingerprint density at radius 1 is 0.296 bits per heavy atom. The molecule has 1 aromatic heterocycles. The molecular weight excluding hydrogens is 653 g/mol. The summed E-state index contributed by atoms with van der Waals surface area (Å²) in [5, 5.41) is 4.83. The monoisotopic (exact) mass is 688 g/mol. The van der Waals surface area contributed by atoms with E-state index in [4.69, 9.17) is 0 Å². The molecule has 0 saturated carbocycles. The van der Waals surface area contributed by atoms with E-state index in [9.17, 15) is 0 Å². The van der Waals surface area contributed by atoms with Crippen LogP contribution in [0, 0.1) is 0 Å². The predicted octanol–water partition coefficient (Wildman–Crippen LogP) is 14.4. The van der Waals surface area contributed by atoms with Crippen LogP contribution in [-0.2, 0) is 0 Å². The number of nitrogens with zero attached hydrogens (tertiary/aromatic N) is 2. The maximum Gasteiger partial charge on any atom is 0.0562 e. The predicted molar refractivity (Wildman–Crippen MR) is 229 cm³/mol. The highest BCUT2D eigenvalue weighted by Crippen LogP contribution is 2.49. The van der Waals surface area contributed by atoms with Gasteiger partial charge in [-0.1, -0.05) is 170 Å². The average molecular weight is 689 g/mol. The summed E-state index contributed by atoms with van der Waals surface area (Å²) in [6.45, 7) is 0. The molecule has 0 aliphatic carbocycles. The molecule has 0 aliphatic heterocycles. The molecule has 0 spiro atoms. The summed E-state index contributed by atoms with van der Waals surface area (Å²) >= 11 is 0. The van der Waals surface area contributed by atoms with Crippen molar-refractivity contribution < 1.29 is 0 Å². The minimum absolute atomic E-state index is 1.12. The third kappa shape index (κ3) is 5.36. The maximum absolute atomic E-state index is 2.51. The van der Waals surface area contributed by atoms with Gasteiger partial charge in [0, 0.05) is 27.4 Å². The smallest absolute Gasteiger partial charge is 0.0562 e. The second-order valence-corrected chi connectivity index (χ2v) is 13.7. The standard InChI is InChI=1S/C52H36N2/c1-4-18-37(19-5-1)39-22-16-23-40(36-39)43-26-12-14-30-47(43)54(49-35-34-42(38-20-6-2-7-21-38)44-27-10-11-28-45(44)49)51-33-17-32-50-52(51)46-29-13-15-31-48(46)53(50)41-24-8-3-9-25-41/h1-36H. The number of benzene rings is 9. The molecule has 0 bridgehead atoms. The maximum atomic E-state index is 2.51. The van der Waals surface area contributed by atoms with E-state index in [0.717, 1.165) is 28.3 Å². The highest BCUT2D eigenvalue weighted by Gasteiger charge is 2.25. The molecule has 10 rings (SSSR count). The van der Waals surface area contributed by atoms with Crippen LogP contribution in [0.1, 0.15) is 0 Å². The zero-order valence-electron chi connectivity index (χ0n) is 29.7. The van der Waals surface area contributed by atoms with Gasteiger partial charge in [-0.25, -0.2) is 0 Å². The number of hydrogen-bond acceptors (Lipinski definition) is 1. The fraction of sp³-hybridized carbons (Fsp3) is 0. The molecule has 0 atom stereocenters. The topological polar surface area (TPSA) is 8.17 Å². The van der Waals surface area contributed by atoms with Gasteiger partial charge in [0.2, 0.25) is 0 Å². The number of fused-ring (bicyclic) bond motifs is 4. The zero-order valence-corrected chi connectivity index (χ0v) is 29.7. The quantitative estimate of drug-likeness (QED) is 0.162. The van der Waals surface area contributed by atoms with E-state index in [2.05, 4.69) is 228 Å². The van der Waals surface area contributed by atoms with E-state index >= 15 is 0 Å². The average Bonchev–Trinajstić information content (AvgIpc) is 3.60. The minimum atomic E-state index is 1.12. The lowest BCUT2D eigenvalue weighted by Gasteiger charge is -2.30. The lowest BCUT2D eigenvalue weighted by molar-refractivity contribution is 1.18. The number of hydrogen-bond donors (Lipinski definition) is 0. The van der Waals surface area contributed by atoms with Crippen molar-refractivity contribution >= 4 is 49.6 Å². The van der Waals surface area contributed by atoms with Crippen molar-refractivity contribution in [2.45, 2.75) is 0 Å². The fourth-order valence-electron chi connectivity index (χ4n) is 8.19. The number of aromatic nitrogens is 1. The Morgan fingerprint density at radius 2 is 0.852 bits per heavy atom. The van der Waals surface area contributed by atoms with Gasteiger partial charge in [0.25, 0.3) is 0 Å². The normalized spacial score (nSPS) is 11.3. The first kappa shape index (κ1) is 31.6. The van der Waals surface area contributed by atoms with Gasteiger partial charge in [0.1, 0.15) is 0 Å². The molecule has 10 aromatic rings. The van der Waals surface area contributed by atoms with Crippen LogP contribution in [0.3, 0.4) is 0 Å². The van der Waals surface area contributed by atoms with Crippen LogP contribution in [0.25, 0.3) is 71.6 Å². The Labute approximate surface area is 315 Å². The number of para-hydroxylation sites is 3. The molecule has 2 heteroatoms. The van der Waals surface area contributed by atoms with Crippen molar-refractivity contribution in [3.8, 4) is 39.1 Å². The van der Waals surface area contributed by atoms with E-state index in [-0.39, 0.29) is 0 Å². The van der Waals surface area contributed by atoms with Crippen molar-refractivity contribution in [2.75, 3.05) is 4.90 Å². The first-order chi connectivity index (χ1) is 26.8. The second-order valence-electron chi connectivity index (χ2n) is 13.7. The van der Waals surface area contributed by atoms with Gasteiger partial charge in [0.05, 0.1) is 28.1 Å². The third-order valence-electron chi connectivity index (χ3n) is 10.6. The summed E-state index contributed by atoms with van der Waals surface area (Å²) in [4.78, 5) is 2.51. The molecule has 54 heavy (non-hydrogen) atoms. The molecule has 1 heterocycles. The van der Waals surface area contributed by atoms with Crippen molar-refractivity contribution in [3.63, 3.8) is 0 Å². The van der Waals surface area contributed by atoms with Gasteiger partial charge in [-0.3, -0.25) is 0 Å². The Balaban J connectivity index is 1.29. The van der Waals surface area contributed by atoms with Gasteiger partial charge in [0.15, 0.2) is 0 Å². The van der Waals surface area contributed by atoms with Crippen molar-refractivity contribution in [1.82, 2.24) is 4.57 Å². The summed E-state index contributed by atoms with van der Waals surface area (Å²) < 4.78 is 2.40. The molecule has 0 N–H and O–H groups in total. The molecule has 2 nitrogen and oxygen atoms in total. The molecule has 0 unspecified atom stereocenters. The van der Waals surface area contributed by atoms with E-state index in [1.807, 2.05) is 0 Å². The van der Waals surface area contributed by atoms with Gasteiger partial charge < -0.3 is 9.47 Å². The van der Waals surface area contributed by atoms with E-state index < -0.39 is 0 Å². The van der Waals surface area contributed by atoms with Gasteiger partial charge in [-0.2, -0.15) is 0 Å². The van der Waals surface area contributed by atoms with Gasteiger partial charge in [-0.15, -0.1) is 0 Å². The Hall–Kier alpha value is -7.16. The second kappa shape index (κ2) is 13.4. The largest absolute Gasteiger partial charge is 0.309 e. The minimum Gasteiger partial charge on any atom is -0.309 e. The van der Waals surface area contributed by atoms with Crippen LogP contribution in [0.4, 0.5) is 17.1 Å². The fourth-order valence-corrected chi connectivity index (χ4v) is 8.19.